The zero-order valence-corrected chi connectivity index (χ0v) is 15.1. The fourth-order valence-corrected chi connectivity index (χ4v) is 3.06. The first kappa shape index (κ1) is 18.5. The molecule has 0 radical (unpaired) electrons. The molecular formula is C18H28N2O4. The van der Waals surface area contributed by atoms with E-state index in [9.17, 15) is 9.59 Å². The van der Waals surface area contributed by atoms with Crippen molar-refractivity contribution in [2.24, 2.45) is 0 Å². The van der Waals surface area contributed by atoms with Crippen molar-refractivity contribution >= 4 is 11.9 Å². The Balaban J connectivity index is 1.99. The molecule has 6 nitrogen and oxygen atoms in total. The van der Waals surface area contributed by atoms with Crippen LogP contribution in [0.5, 0.6) is 0 Å². The number of hydrogen-bond donors (Lipinski definition) is 0. The molecule has 0 aromatic carbocycles. The molecule has 0 bridgehead atoms. The Bertz CT molecular complexity index is 574. The zero-order valence-electron chi connectivity index (χ0n) is 15.1. The van der Waals surface area contributed by atoms with Gasteiger partial charge in [0.2, 0.25) is 5.91 Å². The Morgan fingerprint density at radius 1 is 1.29 bits per heavy atom. The van der Waals surface area contributed by atoms with E-state index >= 15 is 0 Å². The standard InChI is InChI=1S/C18H28N2O4/c1-13(17(21)20-9-7-5-6-8-10-20)19(3)12-15-11-16(14(2)24-15)18(22)23-4/h11,13H,5-10,12H2,1-4H3. The van der Waals surface area contributed by atoms with Crippen LogP contribution in [0.25, 0.3) is 0 Å². The van der Waals surface area contributed by atoms with E-state index < -0.39 is 5.97 Å². The molecular weight excluding hydrogens is 308 g/mol. The summed E-state index contributed by atoms with van der Waals surface area (Å²) in [5, 5.41) is 0. The molecule has 1 aliphatic rings. The average Bonchev–Trinajstić information content (AvgIpc) is 2.79. The largest absolute Gasteiger partial charge is 0.465 e. The number of methoxy groups -OCH3 is 1. The van der Waals surface area contributed by atoms with Gasteiger partial charge in [-0.1, -0.05) is 12.8 Å². The molecule has 24 heavy (non-hydrogen) atoms. The SMILES string of the molecule is COC(=O)c1cc(CN(C)C(C)C(=O)N2CCCCCC2)oc1C. The van der Waals surface area contributed by atoms with Crippen molar-refractivity contribution in [3.05, 3.63) is 23.2 Å². The smallest absolute Gasteiger partial charge is 0.341 e. The first-order valence-electron chi connectivity index (χ1n) is 8.60. The predicted molar refractivity (Wildman–Crippen MR) is 90.8 cm³/mol. The van der Waals surface area contributed by atoms with Crippen LogP contribution in [0.2, 0.25) is 0 Å². The molecule has 1 amide bonds. The summed E-state index contributed by atoms with van der Waals surface area (Å²) in [7, 11) is 3.25. The summed E-state index contributed by atoms with van der Waals surface area (Å²) in [4.78, 5) is 28.3. The van der Waals surface area contributed by atoms with Crippen LogP contribution in [0, 0.1) is 6.92 Å². The number of hydrogen-bond acceptors (Lipinski definition) is 5. The Hall–Kier alpha value is -1.82. The molecule has 0 saturated carbocycles. The molecule has 1 unspecified atom stereocenters. The molecule has 6 heteroatoms. The number of rotatable bonds is 5. The first-order valence-corrected chi connectivity index (χ1v) is 8.60. The fraction of sp³-hybridized carbons (Fsp3) is 0.667. The maximum atomic E-state index is 12.7. The number of aryl methyl sites for hydroxylation is 1. The lowest BCUT2D eigenvalue weighted by Gasteiger charge is -2.29. The Kier molecular flexibility index (Phi) is 6.43. The van der Waals surface area contributed by atoms with Crippen LogP contribution in [0.15, 0.2) is 10.5 Å². The molecule has 1 saturated heterocycles. The highest BCUT2D eigenvalue weighted by molar-refractivity contribution is 5.90. The van der Waals surface area contributed by atoms with Crippen molar-refractivity contribution in [2.45, 2.75) is 52.1 Å². The van der Waals surface area contributed by atoms with E-state index in [1.807, 2.05) is 23.8 Å². The van der Waals surface area contributed by atoms with Gasteiger partial charge in [0, 0.05) is 13.1 Å². The monoisotopic (exact) mass is 336 g/mol. The van der Waals surface area contributed by atoms with Crippen LogP contribution in [-0.4, -0.2) is 55.0 Å². The highest BCUT2D eigenvalue weighted by Crippen LogP contribution is 2.19. The number of furan rings is 1. The normalized spacial score (nSPS) is 16.8. The molecule has 1 aromatic heterocycles. The summed E-state index contributed by atoms with van der Waals surface area (Å²) in [6, 6.07) is 1.47. The van der Waals surface area contributed by atoms with Gasteiger partial charge in [0.15, 0.2) is 0 Å². The molecule has 0 spiro atoms. The van der Waals surface area contributed by atoms with Crippen LogP contribution < -0.4 is 0 Å². The molecule has 134 valence electrons. The van der Waals surface area contributed by atoms with Gasteiger partial charge in [-0.2, -0.15) is 0 Å². The summed E-state index contributed by atoms with van der Waals surface area (Å²) in [6.07, 6.45) is 4.58. The van der Waals surface area contributed by atoms with Crippen molar-refractivity contribution in [3.8, 4) is 0 Å². The third-order valence-electron chi connectivity index (χ3n) is 4.72. The maximum Gasteiger partial charge on any atom is 0.341 e. The summed E-state index contributed by atoms with van der Waals surface area (Å²) >= 11 is 0. The van der Waals surface area contributed by atoms with Crippen molar-refractivity contribution in [1.82, 2.24) is 9.80 Å². The number of carbonyl (C=O) groups excluding carboxylic acids is 2. The second-order valence-corrected chi connectivity index (χ2v) is 6.50. The predicted octanol–water partition coefficient (Wildman–Crippen LogP) is 2.60. The minimum absolute atomic E-state index is 0.163. The van der Waals surface area contributed by atoms with Gasteiger partial charge in [-0.05, 0) is 39.8 Å². The summed E-state index contributed by atoms with van der Waals surface area (Å²) in [5.74, 6) is 0.956. The number of ether oxygens (including phenoxy) is 1. The topological polar surface area (TPSA) is 63.0 Å². The van der Waals surface area contributed by atoms with E-state index in [0.717, 1.165) is 25.9 Å². The van der Waals surface area contributed by atoms with Crippen molar-refractivity contribution in [1.29, 1.82) is 0 Å². The summed E-state index contributed by atoms with van der Waals surface area (Å²) in [5.41, 5.74) is 0.437. The van der Waals surface area contributed by atoms with Gasteiger partial charge in [-0.3, -0.25) is 9.69 Å². The van der Waals surface area contributed by atoms with E-state index in [1.54, 1.807) is 13.0 Å². The van der Waals surface area contributed by atoms with Crippen molar-refractivity contribution in [2.75, 3.05) is 27.2 Å². The minimum atomic E-state index is -0.404. The quantitative estimate of drug-likeness (QED) is 0.774. The number of esters is 1. The van der Waals surface area contributed by atoms with Crippen LogP contribution in [-0.2, 0) is 16.1 Å². The van der Waals surface area contributed by atoms with E-state index in [-0.39, 0.29) is 11.9 Å². The number of amides is 1. The number of carbonyl (C=O) groups is 2. The Morgan fingerprint density at radius 2 is 1.92 bits per heavy atom. The van der Waals surface area contributed by atoms with Crippen LogP contribution in [0.4, 0.5) is 0 Å². The maximum absolute atomic E-state index is 12.7. The first-order chi connectivity index (χ1) is 11.4. The van der Waals surface area contributed by atoms with Crippen LogP contribution >= 0.6 is 0 Å². The van der Waals surface area contributed by atoms with Gasteiger partial charge in [0.1, 0.15) is 17.1 Å². The molecule has 1 atom stereocenters. The summed E-state index contributed by atoms with van der Waals surface area (Å²) < 4.78 is 10.4. The molecule has 0 aliphatic carbocycles. The van der Waals surface area contributed by atoms with Crippen LogP contribution in [0.3, 0.4) is 0 Å². The Morgan fingerprint density at radius 3 is 2.50 bits per heavy atom. The van der Waals surface area contributed by atoms with Crippen molar-refractivity contribution < 1.29 is 18.7 Å². The fourth-order valence-electron chi connectivity index (χ4n) is 3.06. The van der Waals surface area contributed by atoms with E-state index in [1.165, 1.54) is 20.0 Å². The van der Waals surface area contributed by atoms with Crippen molar-refractivity contribution in [3.63, 3.8) is 0 Å². The van der Waals surface area contributed by atoms with Gasteiger partial charge < -0.3 is 14.1 Å². The molecule has 1 aromatic rings. The van der Waals surface area contributed by atoms with E-state index in [0.29, 0.717) is 23.6 Å². The third kappa shape index (κ3) is 4.38. The average molecular weight is 336 g/mol. The zero-order chi connectivity index (χ0) is 17.7. The molecule has 2 heterocycles. The second-order valence-electron chi connectivity index (χ2n) is 6.50. The minimum Gasteiger partial charge on any atom is -0.465 e. The van der Waals surface area contributed by atoms with E-state index in [2.05, 4.69) is 0 Å². The lowest BCUT2D eigenvalue weighted by molar-refractivity contribution is -0.136. The Labute approximate surface area is 143 Å². The molecule has 2 rings (SSSR count). The van der Waals surface area contributed by atoms with Gasteiger partial charge in [-0.15, -0.1) is 0 Å². The highest BCUT2D eigenvalue weighted by atomic mass is 16.5. The third-order valence-corrected chi connectivity index (χ3v) is 4.72. The number of likely N-dealkylation sites (tertiary alicyclic amines) is 1. The second kappa shape index (κ2) is 8.33. The van der Waals surface area contributed by atoms with E-state index in [4.69, 9.17) is 9.15 Å². The number of likely N-dealkylation sites (N-methyl/N-ethyl adjacent to an activating group) is 1. The lowest BCUT2D eigenvalue weighted by atomic mass is 10.2. The van der Waals surface area contributed by atoms with Gasteiger partial charge in [0.25, 0.3) is 0 Å². The highest BCUT2D eigenvalue weighted by Gasteiger charge is 2.25. The summed E-state index contributed by atoms with van der Waals surface area (Å²) in [6.45, 7) is 5.83. The van der Waals surface area contributed by atoms with Crippen LogP contribution in [0.1, 0.15) is 54.5 Å². The number of nitrogens with zero attached hydrogens (tertiary/aromatic N) is 2. The van der Waals surface area contributed by atoms with Gasteiger partial charge in [0.05, 0.1) is 19.7 Å². The van der Waals surface area contributed by atoms with Gasteiger partial charge >= 0.3 is 5.97 Å². The molecule has 1 fully saturated rings. The van der Waals surface area contributed by atoms with Gasteiger partial charge in [-0.25, -0.2) is 4.79 Å². The molecule has 0 N–H and O–H groups in total. The lowest BCUT2D eigenvalue weighted by Crippen LogP contribution is -2.45. The molecule has 1 aliphatic heterocycles.